The van der Waals surface area contributed by atoms with Gasteiger partial charge in [0.25, 0.3) is 0 Å². The molecule has 4 rings (SSSR count). The van der Waals surface area contributed by atoms with Gasteiger partial charge in [0.15, 0.2) is 5.76 Å². The second kappa shape index (κ2) is 8.19. The topological polar surface area (TPSA) is 55.5 Å². The molecule has 1 aromatic heterocycles. The van der Waals surface area contributed by atoms with Gasteiger partial charge in [-0.05, 0) is 42.5 Å². The fraction of sp³-hybridized carbons (Fsp3) is 0.0455. The third kappa shape index (κ3) is 3.83. The monoisotopic (exact) mass is 455 g/mol. The number of para-hydroxylation sites is 1. The number of halogens is 2. The van der Waals surface area contributed by atoms with Crippen molar-refractivity contribution in [2.75, 3.05) is 0 Å². The SMILES string of the molecule is OCc1c(-c2cccc(Oc3ccccc3)c2)noc1-c1cc(Br)ccc1Cl. The predicted octanol–water partition coefficient (Wildman–Crippen LogP) is 6.71. The number of hydrogen-bond donors (Lipinski definition) is 1. The van der Waals surface area contributed by atoms with Crippen molar-refractivity contribution < 1.29 is 14.4 Å². The van der Waals surface area contributed by atoms with E-state index in [-0.39, 0.29) is 6.61 Å². The summed E-state index contributed by atoms with van der Waals surface area (Å²) in [6, 6.07) is 22.4. The van der Waals surface area contributed by atoms with Gasteiger partial charge in [0.05, 0.1) is 17.2 Å². The number of aromatic nitrogens is 1. The van der Waals surface area contributed by atoms with Gasteiger partial charge >= 0.3 is 0 Å². The number of hydrogen-bond acceptors (Lipinski definition) is 4. The van der Waals surface area contributed by atoms with Crippen molar-refractivity contribution in [1.82, 2.24) is 5.16 Å². The van der Waals surface area contributed by atoms with Crippen molar-refractivity contribution in [3.05, 3.63) is 87.9 Å². The Balaban J connectivity index is 1.73. The molecule has 0 saturated carbocycles. The Bertz CT molecular complexity index is 1110. The van der Waals surface area contributed by atoms with Crippen LogP contribution in [0.25, 0.3) is 22.6 Å². The van der Waals surface area contributed by atoms with Crippen molar-refractivity contribution in [3.63, 3.8) is 0 Å². The maximum atomic E-state index is 9.99. The second-order valence-corrected chi connectivity index (χ2v) is 7.39. The van der Waals surface area contributed by atoms with Gasteiger partial charge in [-0.15, -0.1) is 0 Å². The van der Waals surface area contributed by atoms with Crippen LogP contribution in [0.1, 0.15) is 5.56 Å². The lowest BCUT2D eigenvalue weighted by molar-refractivity contribution is 0.281. The van der Waals surface area contributed by atoms with E-state index in [1.54, 1.807) is 6.07 Å². The Labute approximate surface area is 175 Å². The molecule has 0 amide bonds. The molecule has 0 aliphatic carbocycles. The molecule has 0 aliphatic heterocycles. The molecular formula is C22H15BrClNO3. The van der Waals surface area contributed by atoms with Crippen molar-refractivity contribution in [2.45, 2.75) is 6.61 Å². The van der Waals surface area contributed by atoms with Crippen LogP contribution < -0.4 is 4.74 Å². The first-order valence-electron chi connectivity index (χ1n) is 8.54. The summed E-state index contributed by atoms with van der Waals surface area (Å²) in [5.74, 6) is 1.85. The van der Waals surface area contributed by atoms with E-state index >= 15 is 0 Å². The molecule has 0 saturated heterocycles. The molecule has 1 heterocycles. The zero-order chi connectivity index (χ0) is 19.5. The summed E-state index contributed by atoms with van der Waals surface area (Å²) in [6.07, 6.45) is 0. The number of benzene rings is 3. The summed E-state index contributed by atoms with van der Waals surface area (Å²) in [6.45, 7) is -0.235. The van der Waals surface area contributed by atoms with Gasteiger partial charge in [-0.3, -0.25) is 0 Å². The Kier molecular flexibility index (Phi) is 5.48. The Morgan fingerprint density at radius 2 is 1.75 bits per heavy atom. The second-order valence-electron chi connectivity index (χ2n) is 6.06. The lowest BCUT2D eigenvalue weighted by Crippen LogP contribution is -1.91. The molecule has 0 radical (unpaired) electrons. The molecule has 0 unspecified atom stereocenters. The summed E-state index contributed by atoms with van der Waals surface area (Å²) in [4.78, 5) is 0. The molecule has 4 nitrogen and oxygen atoms in total. The maximum Gasteiger partial charge on any atom is 0.174 e. The number of aliphatic hydroxyl groups excluding tert-OH is 1. The molecule has 1 N–H and O–H groups in total. The average molecular weight is 457 g/mol. The molecular weight excluding hydrogens is 442 g/mol. The highest BCUT2D eigenvalue weighted by molar-refractivity contribution is 9.10. The van der Waals surface area contributed by atoms with E-state index in [1.807, 2.05) is 66.7 Å². The molecule has 6 heteroatoms. The van der Waals surface area contributed by atoms with Crippen LogP contribution in [0.15, 0.2) is 81.8 Å². The fourth-order valence-corrected chi connectivity index (χ4v) is 3.46. The minimum atomic E-state index is -0.235. The maximum absolute atomic E-state index is 9.99. The number of rotatable bonds is 5. The standard InChI is InChI=1S/C22H15BrClNO3/c23-15-9-10-20(24)18(12-15)22-19(13-26)21(25-28-22)14-5-4-8-17(11-14)27-16-6-2-1-3-7-16/h1-12,26H,13H2. The normalized spacial score (nSPS) is 10.8. The van der Waals surface area contributed by atoms with Crippen LogP contribution in [0.3, 0.4) is 0 Å². The number of ether oxygens (including phenoxy) is 1. The third-order valence-corrected chi connectivity index (χ3v) is 5.03. The van der Waals surface area contributed by atoms with Crippen LogP contribution in [-0.4, -0.2) is 10.3 Å². The van der Waals surface area contributed by atoms with Crippen LogP contribution >= 0.6 is 27.5 Å². The zero-order valence-corrected chi connectivity index (χ0v) is 16.9. The fourth-order valence-electron chi connectivity index (χ4n) is 2.90. The third-order valence-electron chi connectivity index (χ3n) is 4.21. The van der Waals surface area contributed by atoms with Gasteiger partial charge in [-0.2, -0.15) is 0 Å². The lowest BCUT2D eigenvalue weighted by Gasteiger charge is -2.07. The molecule has 0 fully saturated rings. The van der Waals surface area contributed by atoms with E-state index in [0.717, 1.165) is 15.8 Å². The molecule has 0 spiro atoms. The molecule has 28 heavy (non-hydrogen) atoms. The first kappa shape index (κ1) is 18.7. The largest absolute Gasteiger partial charge is 0.457 e. The molecule has 0 bridgehead atoms. The van der Waals surface area contributed by atoms with E-state index < -0.39 is 0 Å². The van der Waals surface area contributed by atoms with E-state index in [4.69, 9.17) is 20.9 Å². The zero-order valence-electron chi connectivity index (χ0n) is 14.6. The highest BCUT2D eigenvalue weighted by Crippen LogP contribution is 2.38. The lowest BCUT2D eigenvalue weighted by atomic mass is 10.0. The van der Waals surface area contributed by atoms with E-state index in [0.29, 0.717) is 33.4 Å². The van der Waals surface area contributed by atoms with Crippen molar-refractivity contribution >= 4 is 27.5 Å². The summed E-state index contributed by atoms with van der Waals surface area (Å²) < 4.78 is 12.3. The molecule has 0 aliphatic rings. The van der Waals surface area contributed by atoms with Gasteiger partial charge in [0.1, 0.15) is 17.2 Å². The van der Waals surface area contributed by atoms with Gasteiger partial charge in [0.2, 0.25) is 0 Å². The summed E-state index contributed by atoms with van der Waals surface area (Å²) >= 11 is 9.75. The van der Waals surface area contributed by atoms with Crippen LogP contribution in [0.2, 0.25) is 5.02 Å². The van der Waals surface area contributed by atoms with Crippen molar-refractivity contribution in [1.29, 1.82) is 0 Å². The van der Waals surface area contributed by atoms with E-state index in [1.165, 1.54) is 0 Å². The minimum absolute atomic E-state index is 0.235. The smallest absolute Gasteiger partial charge is 0.174 e. The van der Waals surface area contributed by atoms with Crippen molar-refractivity contribution in [2.24, 2.45) is 0 Å². The highest BCUT2D eigenvalue weighted by Gasteiger charge is 2.21. The van der Waals surface area contributed by atoms with Crippen LogP contribution in [0, 0.1) is 0 Å². The van der Waals surface area contributed by atoms with Gasteiger partial charge < -0.3 is 14.4 Å². The van der Waals surface area contributed by atoms with Gasteiger partial charge in [0, 0.05) is 15.6 Å². The Morgan fingerprint density at radius 1 is 0.964 bits per heavy atom. The van der Waals surface area contributed by atoms with Crippen LogP contribution in [-0.2, 0) is 6.61 Å². The predicted molar refractivity (Wildman–Crippen MR) is 113 cm³/mol. The van der Waals surface area contributed by atoms with E-state index in [2.05, 4.69) is 21.1 Å². The van der Waals surface area contributed by atoms with Gasteiger partial charge in [-0.1, -0.05) is 63.0 Å². The Morgan fingerprint density at radius 3 is 2.54 bits per heavy atom. The molecule has 4 aromatic rings. The highest BCUT2D eigenvalue weighted by atomic mass is 79.9. The van der Waals surface area contributed by atoms with Crippen LogP contribution in [0.4, 0.5) is 0 Å². The summed E-state index contributed by atoms with van der Waals surface area (Å²) in [5, 5.41) is 14.7. The van der Waals surface area contributed by atoms with E-state index in [9.17, 15) is 5.11 Å². The molecule has 0 atom stereocenters. The minimum Gasteiger partial charge on any atom is -0.457 e. The molecule has 3 aromatic carbocycles. The first-order chi connectivity index (χ1) is 13.7. The quantitative estimate of drug-likeness (QED) is 0.363. The van der Waals surface area contributed by atoms with Gasteiger partial charge in [-0.25, -0.2) is 0 Å². The number of aliphatic hydroxyl groups is 1. The Hall–Kier alpha value is -2.60. The summed E-state index contributed by atoms with van der Waals surface area (Å²) in [5.41, 5.74) is 2.55. The number of nitrogens with zero attached hydrogens (tertiary/aromatic N) is 1. The van der Waals surface area contributed by atoms with Crippen molar-refractivity contribution in [3.8, 4) is 34.1 Å². The van der Waals surface area contributed by atoms with Crippen LogP contribution in [0.5, 0.6) is 11.5 Å². The average Bonchev–Trinajstić information content (AvgIpc) is 3.14. The molecule has 140 valence electrons. The summed E-state index contributed by atoms with van der Waals surface area (Å²) in [7, 11) is 0. The first-order valence-corrected chi connectivity index (χ1v) is 9.71.